The number of nitrogens with one attached hydrogen (secondary N) is 2. The fourth-order valence-corrected chi connectivity index (χ4v) is 2.09. The van der Waals surface area contributed by atoms with Crippen LogP contribution in [0.15, 0.2) is 30.5 Å². The second kappa shape index (κ2) is 6.45. The molecule has 1 amide bonds. The molecule has 6 heteroatoms. The zero-order valence-electron chi connectivity index (χ0n) is 12.0. The van der Waals surface area contributed by atoms with E-state index in [1.54, 1.807) is 32.4 Å². The van der Waals surface area contributed by atoms with E-state index in [0.717, 1.165) is 11.3 Å². The molecule has 0 spiro atoms. The fraction of sp³-hybridized carbons (Fsp3) is 0.200. The molecule has 2 rings (SSSR count). The summed E-state index contributed by atoms with van der Waals surface area (Å²) in [5.74, 6) is 1.06. The molecule has 0 unspecified atom stereocenters. The van der Waals surface area contributed by atoms with Crippen LogP contribution in [0, 0.1) is 6.92 Å². The maximum Gasteiger partial charge on any atom is 0.257 e. The number of benzene rings is 1. The van der Waals surface area contributed by atoms with Crippen molar-refractivity contribution >= 4 is 29.0 Å². The van der Waals surface area contributed by atoms with Crippen molar-refractivity contribution in [2.75, 3.05) is 24.8 Å². The van der Waals surface area contributed by atoms with Crippen LogP contribution in [0.2, 0.25) is 5.02 Å². The van der Waals surface area contributed by atoms with Crippen LogP contribution >= 0.6 is 11.6 Å². The monoisotopic (exact) mass is 305 g/mol. The summed E-state index contributed by atoms with van der Waals surface area (Å²) in [4.78, 5) is 16.3. The molecule has 0 fully saturated rings. The lowest BCUT2D eigenvalue weighted by Crippen LogP contribution is -2.13. The Morgan fingerprint density at radius 2 is 2.10 bits per heavy atom. The van der Waals surface area contributed by atoms with E-state index in [1.807, 2.05) is 13.0 Å². The minimum absolute atomic E-state index is 0.288. The number of aryl methyl sites for hydroxylation is 1. The van der Waals surface area contributed by atoms with Crippen molar-refractivity contribution in [2.24, 2.45) is 0 Å². The van der Waals surface area contributed by atoms with Gasteiger partial charge in [0.2, 0.25) is 0 Å². The van der Waals surface area contributed by atoms with Crippen LogP contribution in [0.25, 0.3) is 0 Å². The Labute approximate surface area is 128 Å². The van der Waals surface area contributed by atoms with Gasteiger partial charge in [-0.2, -0.15) is 0 Å². The zero-order chi connectivity index (χ0) is 15.4. The average Bonchev–Trinajstić information content (AvgIpc) is 2.48. The van der Waals surface area contributed by atoms with Crippen molar-refractivity contribution in [3.8, 4) is 5.75 Å². The molecular weight excluding hydrogens is 290 g/mol. The molecule has 1 aromatic carbocycles. The summed E-state index contributed by atoms with van der Waals surface area (Å²) in [7, 11) is 3.33. The van der Waals surface area contributed by atoms with Crippen LogP contribution in [0.4, 0.5) is 11.5 Å². The van der Waals surface area contributed by atoms with Crippen LogP contribution in [0.1, 0.15) is 15.9 Å². The van der Waals surface area contributed by atoms with Gasteiger partial charge in [0.1, 0.15) is 11.6 Å². The standard InChI is InChI=1S/C15H16ClN3O2/c1-9-6-10(4-5-13(9)21-3)19-15(20)11-7-14(17-2)18-8-12(11)16/h4-8H,1-3H3,(H,17,18)(H,19,20). The predicted octanol–water partition coefficient (Wildman–Crippen LogP) is 3.35. The molecular formula is C15H16ClN3O2. The molecule has 0 atom stereocenters. The summed E-state index contributed by atoms with van der Waals surface area (Å²) in [6.07, 6.45) is 1.45. The zero-order valence-corrected chi connectivity index (χ0v) is 12.8. The number of nitrogens with zero attached hydrogens (tertiary/aromatic N) is 1. The first-order valence-corrected chi connectivity index (χ1v) is 6.72. The average molecular weight is 306 g/mol. The molecule has 110 valence electrons. The molecule has 0 saturated carbocycles. The van der Waals surface area contributed by atoms with Gasteiger partial charge in [0.15, 0.2) is 0 Å². The van der Waals surface area contributed by atoms with Crippen molar-refractivity contribution in [1.82, 2.24) is 4.98 Å². The number of ether oxygens (including phenoxy) is 1. The number of methoxy groups -OCH3 is 1. The van der Waals surface area contributed by atoms with Gasteiger partial charge in [-0.15, -0.1) is 0 Å². The van der Waals surface area contributed by atoms with Gasteiger partial charge >= 0.3 is 0 Å². The van der Waals surface area contributed by atoms with E-state index < -0.39 is 0 Å². The molecule has 2 aromatic rings. The minimum Gasteiger partial charge on any atom is -0.496 e. The molecule has 0 aliphatic carbocycles. The third kappa shape index (κ3) is 3.44. The number of carbonyl (C=O) groups is 1. The Morgan fingerprint density at radius 1 is 1.33 bits per heavy atom. The Balaban J connectivity index is 2.23. The SMILES string of the molecule is CNc1cc(C(=O)Nc2ccc(OC)c(C)c2)c(Cl)cn1. The van der Waals surface area contributed by atoms with Crippen molar-refractivity contribution in [2.45, 2.75) is 6.92 Å². The van der Waals surface area contributed by atoms with Crippen molar-refractivity contribution < 1.29 is 9.53 Å². The first kappa shape index (κ1) is 15.1. The summed E-state index contributed by atoms with van der Waals surface area (Å²) in [5, 5.41) is 5.98. The Kier molecular flexibility index (Phi) is 4.65. The molecule has 2 N–H and O–H groups in total. The highest BCUT2D eigenvalue weighted by Crippen LogP contribution is 2.23. The van der Waals surface area contributed by atoms with E-state index in [2.05, 4.69) is 15.6 Å². The van der Waals surface area contributed by atoms with Gasteiger partial charge < -0.3 is 15.4 Å². The number of amides is 1. The van der Waals surface area contributed by atoms with Crippen LogP contribution in [-0.2, 0) is 0 Å². The number of aromatic nitrogens is 1. The number of pyridine rings is 1. The summed E-state index contributed by atoms with van der Waals surface area (Å²) < 4.78 is 5.19. The van der Waals surface area contributed by atoms with Gasteiger partial charge in [-0.1, -0.05) is 11.6 Å². The smallest absolute Gasteiger partial charge is 0.257 e. The highest BCUT2D eigenvalue weighted by Gasteiger charge is 2.12. The second-order valence-electron chi connectivity index (χ2n) is 4.44. The summed E-state index contributed by atoms with van der Waals surface area (Å²) in [6.45, 7) is 1.91. The first-order valence-electron chi connectivity index (χ1n) is 6.34. The molecule has 5 nitrogen and oxygen atoms in total. The molecule has 0 saturated heterocycles. The predicted molar refractivity (Wildman–Crippen MR) is 84.5 cm³/mol. The van der Waals surface area contributed by atoms with E-state index in [4.69, 9.17) is 16.3 Å². The number of hydrogen-bond donors (Lipinski definition) is 2. The van der Waals surface area contributed by atoms with Crippen molar-refractivity contribution in [3.05, 3.63) is 46.6 Å². The Bertz CT molecular complexity index is 674. The lowest BCUT2D eigenvalue weighted by Gasteiger charge is -2.10. The van der Waals surface area contributed by atoms with E-state index >= 15 is 0 Å². The van der Waals surface area contributed by atoms with Gasteiger partial charge in [-0.25, -0.2) is 4.98 Å². The summed E-state index contributed by atoms with van der Waals surface area (Å²) >= 11 is 6.02. The van der Waals surface area contributed by atoms with E-state index in [9.17, 15) is 4.79 Å². The van der Waals surface area contributed by atoms with Crippen LogP contribution in [0.3, 0.4) is 0 Å². The normalized spacial score (nSPS) is 10.1. The highest BCUT2D eigenvalue weighted by molar-refractivity contribution is 6.34. The number of hydrogen-bond acceptors (Lipinski definition) is 4. The minimum atomic E-state index is -0.288. The number of anilines is 2. The number of carbonyl (C=O) groups excluding carboxylic acids is 1. The van der Waals surface area contributed by atoms with E-state index in [-0.39, 0.29) is 5.91 Å². The van der Waals surface area contributed by atoms with Crippen LogP contribution in [0.5, 0.6) is 5.75 Å². The van der Waals surface area contributed by atoms with E-state index in [0.29, 0.717) is 22.1 Å². The van der Waals surface area contributed by atoms with Crippen LogP contribution in [-0.4, -0.2) is 25.0 Å². The second-order valence-corrected chi connectivity index (χ2v) is 4.85. The van der Waals surface area contributed by atoms with E-state index in [1.165, 1.54) is 6.20 Å². The number of rotatable bonds is 4. The topological polar surface area (TPSA) is 63.2 Å². The molecule has 1 aromatic heterocycles. The highest BCUT2D eigenvalue weighted by atomic mass is 35.5. The molecule has 21 heavy (non-hydrogen) atoms. The van der Waals surface area contributed by atoms with Crippen molar-refractivity contribution in [1.29, 1.82) is 0 Å². The van der Waals surface area contributed by atoms with Gasteiger partial charge in [0.25, 0.3) is 5.91 Å². The van der Waals surface area contributed by atoms with Gasteiger partial charge in [-0.3, -0.25) is 4.79 Å². The Morgan fingerprint density at radius 3 is 2.71 bits per heavy atom. The van der Waals surface area contributed by atoms with Crippen LogP contribution < -0.4 is 15.4 Å². The maximum absolute atomic E-state index is 12.3. The molecule has 0 radical (unpaired) electrons. The third-order valence-corrected chi connectivity index (χ3v) is 3.31. The van der Waals surface area contributed by atoms with Gasteiger partial charge in [0.05, 0.1) is 17.7 Å². The lowest BCUT2D eigenvalue weighted by molar-refractivity contribution is 0.102. The molecule has 0 aliphatic heterocycles. The third-order valence-electron chi connectivity index (χ3n) is 3.01. The quantitative estimate of drug-likeness (QED) is 0.909. The largest absolute Gasteiger partial charge is 0.496 e. The molecule has 0 aliphatic rings. The maximum atomic E-state index is 12.3. The summed E-state index contributed by atoms with van der Waals surface area (Å²) in [6, 6.07) is 7.02. The fourth-order valence-electron chi connectivity index (χ4n) is 1.90. The number of halogens is 1. The van der Waals surface area contributed by atoms with Gasteiger partial charge in [0, 0.05) is 18.9 Å². The first-order chi connectivity index (χ1) is 10.0. The Hall–Kier alpha value is -2.27. The summed E-state index contributed by atoms with van der Waals surface area (Å²) in [5.41, 5.74) is 1.98. The molecule has 1 heterocycles. The molecule has 0 bridgehead atoms. The lowest BCUT2D eigenvalue weighted by atomic mass is 10.2. The van der Waals surface area contributed by atoms with Gasteiger partial charge in [-0.05, 0) is 36.8 Å². The van der Waals surface area contributed by atoms with Crippen molar-refractivity contribution in [3.63, 3.8) is 0 Å².